The first-order valence-electron chi connectivity index (χ1n) is 8.18. The van der Waals surface area contributed by atoms with Crippen LogP contribution in [-0.4, -0.2) is 22.3 Å². The average Bonchev–Trinajstić information content (AvgIpc) is 3.14. The highest BCUT2D eigenvalue weighted by Crippen LogP contribution is 2.22. The Morgan fingerprint density at radius 3 is 2.60 bits per heavy atom. The number of para-hydroxylation sites is 1. The zero-order valence-corrected chi connectivity index (χ0v) is 14.4. The van der Waals surface area contributed by atoms with Crippen LogP contribution in [0.1, 0.15) is 16.7 Å². The van der Waals surface area contributed by atoms with E-state index in [4.69, 9.17) is 4.74 Å². The number of ether oxygens (including phenoxy) is 1. The molecule has 0 unspecified atom stereocenters. The minimum absolute atomic E-state index is 0.00450. The molecule has 1 aromatic heterocycles. The lowest BCUT2D eigenvalue weighted by Gasteiger charge is -2.12. The van der Waals surface area contributed by atoms with Gasteiger partial charge in [0.2, 0.25) is 0 Å². The summed E-state index contributed by atoms with van der Waals surface area (Å²) < 4.78 is 7.46. The normalized spacial score (nSPS) is 10.5. The third-order valence-corrected chi connectivity index (χ3v) is 3.93. The van der Waals surface area contributed by atoms with E-state index < -0.39 is 0 Å². The van der Waals surface area contributed by atoms with E-state index >= 15 is 0 Å². The smallest absolute Gasteiger partial charge is 0.258 e. The van der Waals surface area contributed by atoms with Crippen molar-refractivity contribution >= 4 is 5.91 Å². The van der Waals surface area contributed by atoms with Gasteiger partial charge in [-0.2, -0.15) is 5.10 Å². The molecule has 0 saturated carbocycles. The number of carbonyl (C=O) groups is 1. The molecule has 1 amide bonds. The molecule has 25 heavy (non-hydrogen) atoms. The molecule has 3 aromatic rings. The van der Waals surface area contributed by atoms with Gasteiger partial charge in [0.15, 0.2) is 6.61 Å². The van der Waals surface area contributed by atoms with Crippen LogP contribution in [-0.2, 0) is 11.3 Å². The largest absolute Gasteiger partial charge is 0.483 e. The van der Waals surface area contributed by atoms with Crippen molar-refractivity contribution in [1.29, 1.82) is 0 Å². The van der Waals surface area contributed by atoms with Crippen LogP contribution in [0.15, 0.2) is 60.9 Å². The molecule has 0 atom stereocenters. The number of nitrogens with one attached hydrogen (secondary N) is 1. The summed E-state index contributed by atoms with van der Waals surface area (Å²) in [6.45, 7) is 4.40. The number of carbonyl (C=O) groups excluding carboxylic acids is 1. The van der Waals surface area contributed by atoms with Crippen LogP contribution in [0.5, 0.6) is 5.75 Å². The maximum atomic E-state index is 12.1. The van der Waals surface area contributed by atoms with Gasteiger partial charge in [-0.25, -0.2) is 4.68 Å². The molecule has 0 aliphatic heterocycles. The van der Waals surface area contributed by atoms with Crippen molar-refractivity contribution in [2.75, 3.05) is 6.61 Å². The standard InChI is InChI=1S/C20H21N3O2/c1-15-6-3-7-16(2)20(15)25-14-19(24)21-13-17-8-4-9-18(12-17)23-11-5-10-22-23/h3-12H,13-14H2,1-2H3,(H,21,24). The maximum absolute atomic E-state index is 12.1. The van der Waals surface area contributed by atoms with E-state index in [0.717, 1.165) is 28.1 Å². The molecule has 0 spiro atoms. The fourth-order valence-electron chi connectivity index (χ4n) is 2.65. The Balaban J connectivity index is 1.55. The number of amides is 1. The minimum atomic E-state index is -0.146. The molecule has 128 valence electrons. The van der Waals surface area contributed by atoms with Crippen LogP contribution < -0.4 is 10.1 Å². The molecule has 1 heterocycles. The van der Waals surface area contributed by atoms with E-state index in [1.54, 1.807) is 10.9 Å². The van der Waals surface area contributed by atoms with Gasteiger partial charge in [0, 0.05) is 18.9 Å². The van der Waals surface area contributed by atoms with E-state index in [-0.39, 0.29) is 12.5 Å². The Hall–Kier alpha value is -3.08. The number of rotatable bonds is 6. The number of aryl methyl sites for hydroxylation is 2. The molecule has 0 aliphatic rings. The second-order valence-electron chi connectivity index (χ2n) is 5.91. The lowest BCUT2D eigenvalue weighted by molar-refractivity contribution is -0.123. The van der Waals surface area contributed by atoms with Gasteiger partial charge in [0.25, 0.3) is 5.91 Å². The minimum Gasteiger partial charge on any atom is -0.483 e. The van der Waals surface area contributed by atoms with Gasteiger partial charge in [-0.3, -0.25) is 4.79 Å². The number of aromatic nitrogens is 2. The Morgan fingerprint density at radius 1 is 1.12 bits per heavy atom. The third-order valence-electron chi connectivity index (χ3n) is 3.93. The summed E-state index contributed by atoms with van der Waals surface area (Å²) in [5, 5.41) is 7.10. The van der Waals surface area contributed by atoms with Crippen LogP contribution in [0.2, 0.25) is 0 Å². The monoisotopic (exact) mass is 335 g/mol. The van der Waals surface area contributed by atoms with E-state index in [1.807, 2.05) is 68.6 Å². The molecule has 0 fully saturated rings. The molecule has 0 saturated heterocycles. The Morgan fingerprint density at radius 2 is 1.88 bits per heavy atom. The quantitative estimate of drug-likeness (QED) is 0.753. The summed E-state index contributed by atoms with van der Waals surface area (Å²) in [5.74, 6) is 0.630. The molecule has 2 aromatic carbocycles. The average molecular weight is 335 g/mol. The summed E-state index contributed by atoms with van der Waals surface area (Å²) in [4.78, 5) is 12.1. The highest BCUT2D eigenvalue weighted by Gasteiger charge is 2.07. The van der Waals surface area contributed by atoms with Crippen LogP contribution in [0, 0.1) is 13.8 Å². The topological polar surface area (TPSA) is 56.1 Å². The van der Waals surface area contributed by atoms with Crippen LogP contribution in [0.4, 0.5) is 0 Å². The van der Waals surface area contributed by atoms with E-state index in [2.05, 4.69) is 10.4 Å². The maximum Gasteiger partial charge on any atom is 0.258 e. The predicted octanol–water partition coefficient (Wildman–Crippen LogP) is 3.18. The lowest BCUT2D eigenvalue weighted by atomic mass is 10.1. The third kappa shape index (κ3) is 4.26. The molecule has 0 aliphatic carbocycles. The molecule has 0 radical (unpaired) electrons. The second-order valence-corrected chi connectivity index (χ2v) is 5.91. The summed E-state index contributed by atoms with van der Waals surface area (Å²) >= 11 is 0. The molecular weight excluding hydrogens is 314 g/mol. The van der Waals surface area contributed by atoms with Crippen LogP contribution >= 0.6 is 0 Å². The Kier molecular flexibility index (Phi) is 5.14. The predicted molar refractivity (Wildman–Crippen MR) is 96.8 cm³/mol. The van der Waals surface area contributed by atoms with Gasteiger partial charge in [0.05, 0.1) is 5.69 Å². The van der Waals surface area contributed by atoms with E-state index in [0.29, 0.717) is 6.54 Å². The SMILES string of the molecule is Cc1cccc(C)c1OCC(=O)NCc1cccc(-n2cccn2)c1. The summed E-state index contributed by atoms with van der Waals surface area (Å²) in [6.07, 6.45) is 3.62. The van der Waals surface area contributed by atoms with Crippen molar-refractivity contribution in [2.45, 2.75) is 20.4 Å². The molecule has 1 N–H and O–H groups in total. The van der Waals surface area contributed by atoms with Crippen LogP contribution in [0.25, 0.3) is 5.69 Å². The highest BCUT2D eigenvalue weighted by molar-refractivity contribution is 5.77. The first-order chi connectivity index (χ1) is 12.1. The highest BCUT2D eigenvalue weighted by atomic mass is 16.5. The second kappa shape index (κ2) is 7.66. The number of nitrogens with zero attached hydrogens (tertiary/aromatic N) is 2. The first-order valence-corrected chi connectivity index (χ1v) is 8.18. The molecule has 5 heteroatoms. The van der Waals surface area contributed by atoms with Gasteiger partial charge >= 0.3 is 0 Å². The van der Waals surface area contributed by atoms with Gasteiger partial charge in [0.1, 0.15) is 5.75 Å². The van der Waals surface area contributed by atoms with Crippen molar-refractivity contribution < 1.29 is 9.53 Å². The fraction of sp³-hybridized carbons (Fsp3) is 0.200. The molecule has 5 nitrogen and oxygen atoms in total. The molecular formula is C20H21N3O2. The van der Waals surface area contributed by atoms with Crippen molar-refractivity contribution in [3.8, 4) is 11.4 Å². The Bertz CT molecular complexity index is 837. The lowest BCUT2D eigenvalue weighted by Crippen LogP contribution is -2.28. The van der Waals surface area contributed by atoms with Gasteiger partial charge in [-0.05, 0) is 48.7 Å². The number of benzene rings is 2. The van der Waals surface area contributed by atoms with E-state index in [9.17, 15) is 4.79 Å². The summed E-state index contributed by atoms with van der Waals surface area (Å²) in [7, 11) is 0. The van der Waals surface area contributed by atoms with Gasteiger partial charge in [-0.15, -0.1) is 0 Å². The first kappa shape index (κ1) is 16.8. The van der Waals surface area contributed by atoms with Crippen molar-refractivity contribution in [3.63, 3.8) is 0 Å². The zero-order valence-electron chi connectivity index (χ0n) is 14.4. The number of hydrogen-bond donors (Lipinski definition) is 1. The Labute approximate surface area is 147 Å². The molecule has 0 bridgehead atoms. The summed E-state index contributed by atoms with van der Waals surface area (Å²) in [6, 6.07) is 15.7. The zero-order chi connectivity index (χ0) is 17.6. The fourth-order valence-corrected chi connectivity index (χ4v) is 2.65. The summed E-state index contributed by atoms with van der Waals surface area (Å²) in [5.41, 5.74) is 4.02. The van der Waals surface area contributed by atoms with Crippen molar-refractivity contribution in [1.82, 2.24) is 15.1 Å². The van der Waals surface area contributed by atoms with Crippen molar-refractivity contribution in [2.24, 2.45) is 0 Å². The van der Waals surface area contributed by atoms with E-state index in [1.165, 1.54) is 0 Å². The van der Waals surface area contributed by atoms with Crippen LogP contribution in [0.3, 0.4) is 0 Å². The molecule has 3 rings (SSSR count). The van der Waals surface area contributed by atoms with Gasteiger partial charge < -0.3 is 10.1 Å². The number of hydrogen-bond acceptors (Lipinski definition) is 3. The van der Waals surface area contributed by atoms with Gasteiger partial charge in [-0.1, -0.05) is 30.3 Å². The van der Waals surface area contributed by atoms with Crippen molar-refractivity contribution in [3.05, 3.63) is 77.6 Å².